The summed E-state index contributed by atoms with van der Waals surface area (Å²) in [5.41, 5.74) is 0.796. The van der Waals surface area contributed by atoms with Gasteiger partial charge in [0, 0.05) is 5.56 Å². The fourth-order valence-corrected chi connectivity index (χ4v) is 1.86. The maximum Gasteiger partial charge on any atom is 0.216 e. The van der Waals surface area contributed by atoms with Crippen LogP contribution in [0.15, 0.2) is 23.3 Å². The lowest BCUT2D eigenvalue weighted by molar-refractivity contribution is 0.354. The van der Waals surface area contributed by atoms with Gasteiger partial charge in [0.2, 0.25) is 4.77 Å². The molecule has 1 heterocycles. The van der Waals surface area contributed by atoms with Gasteiger partial charge in [-0.05, 0) is 31.3 Å². The van der Waals surface area contributed by atoms with Crippen LogP contribution in [0, 0.1) is 11.7 Å². The quantitative estimate of drug-likeness (QED) is 0.687. The lowest BCUT2D eigenvalue weighted by atomic mass is 10.2. The predicted octanol–water partition coefficient (Wildman–Crippen LogP) is 2.15. The van der Waals surface area contributed by atoms with Crippen molar-refractivity contribution >= 4 is 18.4 Å². The number of aryl methyl sites for hydroxylation is 1. The van der Waals surface area contributed by atoms with Crippen LogP contribution < -0.4 is 9.47 Å². The fraction of sp³-hybridized carbons (Fsp3) is 0.250. The summed E-state index contributed by atoms with van der Waals surface area (Å²) in [6, 6.07) is 5.57. The van der Waals surface area contributed by atoms with E-state index >= 15 is 0 Å². The Morgan fingerprint density at radius 3 is 2.74 bits per heavy atom. The zero-order chi connectivity index (χ0) is 13.8. The molecular weight excluding hydrogens is 264 g/mol. The first-order valence-corrected chi connectivity index (χ1v) is 5.97. The number of nitrogens with zero attached hydrogens (tertiary/aromatic N) is 3. The van der Waals surface area contributed by atoms with Crippen LogP contribution in [0.4, 0.5) is 0 Å². The van der Waals surface area contributed by atoms with Crippen LogP contribution in [0.2, 0.25) is 0 Å². The van der Waals surface area contributed by atoms with Crippen molar-refractivity contribution in [1.29, 1.82) is 0 Å². The molecule has 0 spiro atoms. The van der Waals surface area contributed by atoms with Crippen molar-refractivity contribution in [1.82, 2.24) is 14.9 Å². The Labute approximate surface area is 115 Å². The molecule has 0 unspecified atom stereocenters. The van der Waals surface area contributed by atoms with E-state index in [9.17, 15) is 0 Å². The molecule has 0 amide bonds. The Morgan fingerprint density at radius 1 is 1.37 bits per heavy atom. The van der Waals surface area contributed by atoms with Crippen molar-refractivity contribution in [2.45, 2.75) is 6.92 Å². The third-order valence-electron chi connectivity index (χ3n) is 2.56. The molecule has 6 nitrogen and oxygen atoms in total. The van der Waals surface area contributed by atoms with Crippen LogP contribution >= 0.6 is 12.2 Å². The average molecular weight is 278 g/mol. The number of H-pyrrole nitrogens is 1. The summed E-state index contributed by atoms with van der Waals surface area (Å²) in [5, 5.41) is 10.9. The Hall–Kier alpha value is -2.15. The molecule has 1 aromatic carbocycles. The lowest BCUT2D eigenvalue weighted by Crippen LogP contribution is -1.97. The highest BCUT2D eigenvalue weighted by atomic mass is 32.1. The van der Waals surface area contributed by atoms with Gasteiger partial charge >= 0.3 is 0 Å². The molecule has 7 heteroatoms. The van der Waals surface area contributed by atoms with Gasteiger partial charge in [0.15, 0.2) is 11.5 Å². The third-order valence-corrected chi connectivity index (χ3v) is 2.82. The van der Waals surface area contributed by atoms with E-state index in [0.717, 1.165) is 5.56 Å². The van der Waals surface area contributed by atoms with E-state index in [1.807, 2.05) is 25.1 Å². The highest BCUT2D eigenvalue weighted by Gasteiger charge is 2.07. The number of methoxy groups -OCH3 is 2. The van der Waals surface area contributed by atoms with Crippen LogP contribution in [0.5, 0.6) is 11.5 Å². The zero-order valence-corrected chi connectivity index (χ0v) is 11.7. The molecule has 0 aliphatic rings. The maximum atomic E-state index is 5.32. The third kappa shape index (κ3) is 2.65. The molecule has 2 aromatic rings. The second kappa shape index (κ2) is 5.66. The molecule has 0 fully saturated rings. The van der Waals surface area contributed by atoms with Gasteiger partial charge in [-0.2, -0.15) is 14.9 Å². The summed E-state index contributed by atoms with van der Waals surface area (Å²) in [6.45, 7) is 1.81. The fourth-order valence-electron chi connectivity index (χ4n) is 1.64. The Bertz CT molecular complexity index is 660. The predicted molar refractivity (Wildman–Crippen MR) is 74.7 cm³/mol. The summed E-state index contributed by atoms with van der Waals surface area (Å²) in [5.74, 6) is 1.96. The van der Waals surface area contributed by atoms with Gasteiger partial charge in [-0.15, -0.1) is 0 Å². The van der Waals surface area contributed by atoms with Crippen LogP contribution in [-0.4, -0.2) is 35.3 Å². The second-order valence-corrected chi connectivity index (χ2v) is 4.10. The van der Waals surface area contributed by atoms with Crippen molar-refractivity contribution in [3.8, 4) is 11.5 Å². The zero-order valence-electron chi connectivity index (χ0n) is 10.9. The standard InChI is InChI=1S/C12H14N4O2S/c1-8-14-15-12(19)16(8)13-7-9-5-4-6-10(17-2)11(9)18-3/h4-7H,1-3H3,(H,15,19)/b13-7-. The van der Waals surface area contributed by atoms with Gasteiger partial charge in [-0.3, -0.25) is 5.10 Å². The molecule has 1 aromatic heterocycles. The number of aromatic nitrogens is 3. The van der Waals surface area contributed by atoms with Crippen molar-refractivity contribution < 1.29 is 9.47 Å². The number of rotatable bonds is 4. The molecule has 0 saturated heterocycles. The minimum Gasteiger partial charge on any atom is -0.493 e. The highest BCUT2D eigenvalue weighted by molar-refractivity contribution is 7.71. The first-order valence-electron chi connectivity index (χ1n) is 5.56. The van der Waals surface area contributed by atoms with Gasteiger partial charge in [0.1, 0.15) is 5.82 Å². The molecular formula is C12H14N4O2S. The van der Waals surface area contributed by atoms with E-state index in [1.54, 1.807) is 20.4 Å². The Kier molecular flexibility index (Phi) is 3.96. The normalized spacial score (nSPS) is 10.9. The minimum absolute atomic E-state index is 0.440. The van der Waals surface area contributed by atoms with Gasteiger partial charge in [-0.25, -0.2) is 0 Å². The summed E-state index contributed by atoms with van der Waals surface area (Å²) < 4.78 is 12.5. The van der Waals surface area contributed by atoms with Gasteiger partial charge in [0.05, 0.1) is 20.4 Å². The SMILES string of the molecule is COc1cccc(/C=N\n2c(C)n[nH]c2=S)c1OC. The minimum atomic E-state index is 0.440. The van der Waals surface area contributed by atoms with Crippen molar-refractivity contribution in [3.05, 3.63) is 34.4 Å². The van der Waals surface area contributed by atoms with Crippen molar-refractivity contribution in [3.63, 3.8) is 0 Å². The molecule has 1 N–H and O–H groups in total. The molecule has 0 atom stereocenters. The Morgan fingerprint density at radius 2 is 2.16 bits per heavy atom. The van der Waals surface area contributed by atoms with E-state index in [4.69, 9.17) is 21.7 Å². The molecule has 2 rings (SSSR count). The maximum absolute atomic E-state index is 5.32. The summed E-state index contributed by atoms with van der Waals surface area (Å²) >= 11 is 5.07. The van der Waals surface area contributed by atoms with Crippen molar-refractivity contribution in [2.75, 3.05) is 14.2 Å². The molecule has 0 aliphatic heterocycles. The van der Waals surface area contributed by atoms with E-state index < -0.39 is 0 Å². The van der Waals surface area contributed by atoms with E-state index in [0.29, 0.717) is 22.1 Å². The highest BCUT2D eigenvalue weighted by Crippen LogP contribution is 2.29. The molecule has 0 saturated carbocycles. The summed E-state index contributed by atoms with van der Waals surface area (Å²) in [4.78, 5) is 0. The van der Waals surface area contributed by atoms with Gasteiger partial charge in [0.25, 0.3) is 0 Å². The summed E-state index contributed by atoms with van der Waals surface area (Å²) in [7, 11) is 3.18. The van der Waals surface area contributed by atoms with Crippen molar-refractivity contribution in [2.24, 2.45) is 5.10 Å². The second-order valence-electron chi connectivity index (χ2n) is 3.72. The number of benzene rings is 1. The number of ether oxygens (including phenoxy) is 2. The number of hydrogen-bond donors (Lipinski definition) is 1. The van der Waals surface area contributed by atoms with Crippen LogP contribution in [-0.2, 0) is 0 Å². The lowest BCUT2D eigenvalue weighted by Gasteiger charge is -2.09. The van der Waals surface area contributed by atoms with Crippen LogP contribution in [0.3, 0.4) is 0 Å². The number of nitrogens with one attached hydrogen (secondary N) is 1. The summed E-state index contributed by atoms with van der Waals surface area (Å²) in [6.07, 6.45) is 1.65. The monoisotopic (exact) mass is 278 g/mol. The van der Waals surface area contributed by atoms with Crippen LogP contribution in [0.25, 0.3) is 0 Å². The van der Waals surface area contributed by atoms with Gasteiger partial charge in [-0.1, -0.05) is 6.07 Å². The van der Waals surface area contributed by atoms with Crippen LogP contribution in [0.1, 0.15) is 11.4 Å². The first-order chi connectivity index (χ1) is 9.17. The van der Waals surface area contributed by atoms with E-state index in [1.165, 1.54) is 4.68 Å². The van der Waals surface area contributed by atoms with E-state index in [-0.39, 0.29) is 0 Å². The Balaban J connectivity index is 2.41. The first kappa shape index (κ1) is 13.3. The number of aromatic amines is 1. The number of para-hydroxylation sites is 1. The number of hydrogen-bond acceptors (Lipinski definition) is 5. The smallest absolute Gasteiger partial charge is 0.216 e. The molecule has 100 valence electrons. The molecule has 0 bridgehead atoms. The topological polar surface area (TPSA) is 64.4 Å². The van der Waals surface area contributed by atoms with Gasteiger partial charge < -0.3 is 9.47 Å². The van der Waals surface area contributed by atoms with E-state index in [2.05, 4.69) is 15.3 Å². The molecule has 0 aliphatic carbocycles. The average Bonchev–Trinajstić information content (AvgIpc) is 2.75. The molecule has 19 heavy (non-hydrogen) atoms. The molecule has 0 radical (unpaired) electrons. The largest absolute Gasteiger partial charge is 0.493 e.